The van der Waals surface area contributed by atoms with E-state index in [1.54, 1.807) is 48.6 Å². The van der Waals surface area contributed by atoms with Crippen LogP contribution >= 0.6 is 0 Å². The maximum absolute atomic E-state index is 12.9. The zero-order valence-electron chi connectivity index (χ0n) is 19.7. The highest BCUT2D eigenvalue weighted by Gasteiger charge is 2.23. The van der Waals surface area contributed by atoms with Gasteiger partial charge in [-0.2, -0.15) is 0 Å². The second-order valence-electron chi connectivity index (χ2n) is 8.52. The molecule has 4 rings (SSSR count). The van der Waals surface area contributed by atoms with E-state index in [1.807, 2.05) is 48.5 Å². The summed E-state index contributed by atoms with van der Waals surface area (Å²) in [5, 5.41) is 3.55. The minimum atomic E-state index is -3.78. The van der Waals surface area contributed by atoms with E-state index < -0.39 is 20.0 Å². The van der Waals surface area contributed by atoms with Crippen molar-refractivity contribution >= 4 is 41.6 Å². The molecule has 4 aromatic carbocycles. The molecule has 4 aromatic rings. The zero-order chi connectivity index (χ0) is 25.8. The fraction of sp³-hybridized carbons (Fsp3) is 0.143. The first-order valence-corrected chi connectivity index (χ1v) is 14.4. The van der Waals surface area contributed by atoms with Gasteiger partial charge >= 0.3 is 0 Å². The van der Waals surface area contributed by atoms with E-state index in [0.717, 1.165) is 21.5 Å². The van der Waals surface area contributed by atoms with Gasteiger partial charge in [-0.1, -0.05) is 72.8 Å². The first kappa shape index (κ1) is 25.8. The summed E-state index contributed by atoms with van der Waals surface area (Å²) >= 11 is 0. The molecule has 0 saturated heterocycles. The van der Waals surface area contributed by atoms with Gasteiger partial charge in [0.2, 0.25) is 20.0 Å². The van der Waals surface area contributed by atoms with Crippen LogP contribution in [0.1, 0.15) is 0 Å². The Morgan fingerprint density at radius 2 is 0.944 bits per heavy atom. The van der Waals surface area contributed by atoms with E-state index in [4.69, 9.17) is 0 Å². The topological polar surface area (TPSA) is 92.3 Å². The number of fused-ring (bicyclic) bond motifs is 2. The van der Waals surface area contributed by atoms with Gasteiger partial charge in [0, 0.05) is 13.1 Å². The largest absolute Gasteiger partial charge is 0.240 e. The quantitative estimate of drug-likeness (QED) is 0.277. The van der Waals surface area contributed by atoms with Gasteiger partial charge < -0.3 is 0 Å². The lowest BCUT2D eigenvalue weighted by atomic mass is 9.93. The van der Waals surface area contributed by atoms with Crippen LogP contribution < -0.4 is 9.44 Å². The number of nitrogens with one attached hydrogen (secondary N) is 2. The lowest BCUT2D eigenvalue weighted by Crippen LogP contribution is -2.36. The minimum absolute atomic E-state index is 0.0487. The predicted molar refractivity (Wildman–Crippen MR) is 146 cm³/mol. The molecule has 0 saturated carbocycles. The molecule has 8 heteroatoms. The molecule has 0 aromatic heterocycles. The molecular formula is C28H28N2O4S2. The molecule has 2 atom stereocenters. The standard InChI is InChI=1S/C28H28N2O4S2/c1-3-21(19-29-35(31,32)27-15-13-23-9-5-7-11-25(23)17-27)22(4-2)20-30-36(33,34)28-16-14-24-10-6-8-12-26(24)18-28/h3-18,21-22,29-30H,1-2,19-20H2/t21-,22-/m1/s1. The van der Waals surface area contributed by atoms with Crippen LogP contribution in [0.15, 0.2) is 120 Å². The Morgan fingerprint density at radius 3 is 1.31 bits per heavy atom. The van der Waals surface area contributed by atoms with E-state index in [0.29, 0.717) is 0 Å². The van der Waals surface area contributed by atoms with Crippen molar-refractivity contribution in [3.8, 4) is 0 Å². The Balaban J connectivity index is 1.44. The van der Waals surface area contributed by atoms with Gasteiger partial charge in [-0.3, -0.25) is 0 Å². The van der Waals surface area contributed by atoms with Crippen molar-refractivity contribution in [3.05, 3.63) is 110 Å². The Bertz CT molecular complexity index is 1510. The van der Waals surface area contributed by atoms with Crippen molar-refractivity contribution in [3.63, 3.8) is 0 Å². The van der Waals surface area contributed by atoms with Crippen LogP contribution in [0.4, 0.5) is 0 Å². The fourth-order valence-corrected chi connectivity index (χ4v) is 6.28. The Labute approximate surface area is 212 Å². The van der Waals surface area contributed by atoms with E-state index in [2.05, 4.69) is 22.6 Å². The molecule has 6 nitrogen and oxygen atoms in total. The van der Waals surface area contributed by atoms with Crippen molar-refractivity contribution < 1.29 is 16.8 Å². The summed E-state index contributed by atoms with van der Waals surface area (Å²) in [5.74, 6) is -0.755. The molecule has 2 N–H and O–H groups in total. The first-order chi connectivity index (χ1) is 17.2. The van der Waals surface area contributed by atoms with Crippen LogP contribution in [0.3, 0.4) is 0 Å². The number of benzene rings is 4. The summed E-state index contributed by atoms with van der Waals surface area (Å²) in [7, 11) is -7.55. The zero-order valence-corrected chi connectivity index (χ0v) is 21.3. The fourth-order valence-electron chi connectivity index (χ4n) is 4.07. The van der Waals surface area contributed by atoms with Crippen molar-refractivity contribution in [2.75, 3.05) is 13.1 Å². The van der Waals surface area contributed by atoms with Crippen LogP contribution in [0.25, 0.3) is 21.5 Å². The summed E-state index contributed by atoms with van der Waals surface area (Å²) < 4.78 is 57.0. The first-order valence-electron chi connectivity index (χ1n) is 11.5. The highest BCUT2D eigenvalue weighted by atomic mass is 32.2. The third kappa shape index (κ3) is 5.74. The van der Waals surface area contributed by atoms with Gasteiger partial charge in [-0.15, -0.1) is 13.2 Å². The van der Waals surface area contributed by atoms with Crippen LogP contribution in [0, 0.1) is 11.8 Å². The number of rotatable bonds is 11. The molecule has 0 amide bonds. The molecule has 0 heterocycles. The average molecular weight is 521 g/mol. The number of sulfonamides is 2. The van der Waals surface area contributed by atoms with Gasteiger partial charge in [0.1, 0.15) is 0 Å². The van der Waals surface area contributed by atoms with Crippen molar-refractivity contribution in [1.29, 1.82) is 0 Å². The summed E-state index contributed by atoms with van der Waals surface area (Å²) in [6.45, 7) is 7.74. The molecule has 0 radical (unpaired) electrons. The summed E-state index contributed by atoms with van der Waals surface area (Å²) in [4.78, 5) is 0.326. The molecule has 0 unspecified atom stereocenters. The predicted octanol–water partition coefficient (Wildman–Crippen LogP) is 4.85. The summed E-state index contributed by atoms with van der Waals surface area (Å²) in [5.41, 5.74) is 0. The average Bonchev–Trinajstić information content (AvgIpc) is 2.89. The van der Waals surface area contributed by atoms with Crippen molar-refractivity contribution in [2.45, 2.75) is 9.79 Å². The summed E-state index contributed by atoms with van der Waals surface area (Å²) in [6.07, 6.45) is 3.22. The molecule has 0 fully saturated rings. The second kappa shape index (κ2) is 10.8. The van der Waals surface area contributed by atoms with Crippen LogP contribution in [0.5, 0.6) is 0 Å². The van der Waals surface area contributed by atoms with Gasteiger partial charge in [0.15, 0.2) is 0 Å². The number of hydrogen-bond acceptors (Lipinski definition) is 4. The Kier molecular flexibility index (Phi) is 7.70. The third-order valence-electron chi connectivity index (χ3n) is 6.24. The second-order valence-corrected chi connectivity index (χ2v) is 12.1. The molecule has 0 spiro atoms. The number of hydrogen-bond donors (Lipinski definition) is 2. The molecular weight excluding hydrogens is 492 g/mol. The molecule has 186 valence electrons. The molecule has 0 aliphatic heterocycles. The van der Waals surface area contributed by atoms with Gasteiger partial charge in [0.25, 0.3) is 0 Å². The Hall–Kier alpha value is -3.30. The maximum atomic E-state index is 12.9. The van der Waals surface area contributed by atoms with E-state index in [1.165, 1.54) is 0 Å². The molecule has 0 aliphatic rings. The van der Waals surface area contributed by atoms with Crippen LogP contribution in [-0.2, 0) is 20.0 Å². The lowest BCUT2D eigenvalue weighted by Gasteiger charge is -2.22. The highest BCUT2D eigenvalue weighted by molar-refractivity contribution is 7.89. The van der Waals surface area contributed by atoms with E-state index in [-0.39, 0.29) is 34.7 Å². The van der Waals surface area contributed by atoms with Gasteiger partial charge in [0.05, 0.1) is 9.79 Å². The lowest BCUT2D eigenvalue weighted by molar-refractivity contribution is 0.457. The minimum Gasteiger partial charge on any atom is -0.211 e. The van der Waals surface area contributed by atoms with Crippen molar-refractivity contribution in [2.24, 2.45) is 11.8 Å². The van der Waals surface area contributed by atoms with Crippen molar-refractivity contribution in [1.82, 2.24) is 9.44 Å². The van der Waals surface area contributed by atoms with Crippen LogP contribution in [0.2, 0.25) is 0 Å². The third-order valence-corrected chi connectivity index (χ3v) is 9.08. The smallest absolute Gasteiger partial charge is 0.211 e. The molecule has 0 aliphatic carbocycles. The summed E-state index contributed by atoms with van der Waals surface area (Å²) in [6, 6.07) is 25.0. The SMILES string of the molecule is C=C[C@H](CNS(=O)(=O)c1ccc2ccccc2c1)[C@H](C=C)CNS(=O)(=O)c1ccc2ccccc2c1. The monoisotopic (exact) mass is 520 g/mol. The molecule has 36 heavy (non-hydrogen) atoms. The van der Waals surface area contributed by atoms with E-state index >= 15 is 0 Å². The van der Waals surface area contributed by atoms with Crippen LogP contribution in [-0.4, -0.2) is 29.9 Å². The van der Waals surface area contributed by atoms with Gasteiger partial charge in [-0.05, 0) is 57.6 Å². The molecule has 0 bridgehead atoms. The highest BCUT2D eigenvalue weighted by Crippen LogP contribution is 2.22. The normalized spacial score (nSPS) is 13.9. The van der Waals surface area contributed by atoms with Gasteiger partial charge in [-0.25, -0.2) is 26.3 Å². The van der Waals surface area contributed by atoms with E-state index in [9.17, 15) is 16.8 Å². The maximum Gasteiger partial charge on any atom is 0.240 e. The Morgan fingerprint density at radius 1 is 0.583 bits per heavy atom.